The Kier molecular flexibility index (Phi) is 7.04. The number of nitrogens with zero attached hydrogens (tertiary/aromatic N) is 3. The minimum atomic E-state index is -0.938. The predicted octanol–water partition coefficient (Wildman–Crippen LogP) is 9.14. The zero-order chi connectivity index (χ0) is 28.7. The van der Waals surface area contributed by atoms with Gasteiger partial charge in [-0.15, -0.1) is 0 Å². The van der Waals surface area contributed by atoms with Crippen LogP contribution in [0, 0.1) is 64.5 Å². The van der Waals surface area contributed by atoms with Crippen LogP contribution in [-0.4, -0.2) is 9.97 Å². The van der Waals surface area contributed by atoms with Gasteiger partial charge in [0.25, 0.3) is 0 Å². The summed E-state index contributed by atoms with van der Waals surface area (Å²) in [5.41, 5.74) is 10.6. The highest BCUT2D eigenvalue weighted by atomic mass is 19.1. The molecule has 0 fully saturated rings. The van der Waals surface area contributed by atoms with E-state index in [-0.39, 0.29) is 11.1 Å². The Balaban J connectivity index is 1.69. The molecule has 0 aliphatic rings. The molecule has 0 saturated carbocycles. The van der Waals surface area contributed by atoms with Crippen LogP contribution >= 0.6 is 0 Å². The number of rotatable bonds is 4. The van der Waals surface area contributed by atoms with Gasteiger partial charge < -0.3 is 0 Å². The van der Waals surface area contributed by atoms with Gasteiger partial charge in [-0.1, -0.05) is 35.4 Å². The summed E-state index contributed by atoms with van der Waals surface area (Å²) < 4.78 is 31.3. The summed E-state index contributed by atoms with van der Waals surface area (Å²) in [6.45, 7) is 12.2. The summed E-state index contributed by atoms with van der Waals surface area (Å²) >= 11 is 0. The number of aromatic nitrogens is 2. The largest absolute Gasteiger partial charge is 0.256 e. The summed E-state index contributed by atoms with van der Waals surface area (Å²) in [5, 5.41) is 9.73. The van der Waals surface area contributed by atoms with Crippen LogP contribution in [0.3, 0.4) is 0 Å². The molecular weight excluding hydrogens is 500 g/mol. The zero-order valence-electron chi connectivity index (χ0n) is 23.4. The van der Waals surface area contributed by atoms with Crippen LogP contribution in [0.2, 0.25) is 0 Å². The highest BCUT2D eigenvalue weighted by molar-refractivity contribution is 5.80. The van der Waals surface area contributed by atoms with Gasteiger partial charge in [0.05, 0.1) is 11.4 Å². The van der Waals surface area contributed by atoms with Crippen LogP contribution in [0.4, 0.5) is 8.78 Å². The van der Waals surface area contributed by atoms with E-state index in [0.717, 1.165) is 55.6 Å². The number of pyridine rings is 2. The van der Waals surface area contributed by atoms with E-state index in [9.17, 15) is 5.26 Å². The van der Waals surface area contributed by atoms with Crippen molar-refractivity contribution in [3.8, 4) is 50.8 Å². The van der Waals surface area contributed by atoms with Crippen LogP contribution in [0.5, 0.6) is 0 Å². The highest BCUT2D eigenvalue weighted by Crippen LogP contribution is 2.37. The van der Waals surface area contributed by atoms with Crippen molar-refractivity contribution in [2.75, 3.05) is 0 Å². The van der Waals surface area contributed by atoms with Gasteiger partial charge in [0.1, 0.15) is 11.6 Å². The molecule has 2 aromatic heterocycles. The Morgan fingerprint density at radius 1 is 0.575 bits per heavy atom. The summed E-state index contributed by atoms with van der Waals surface area (Å²) in [5.74, 6) is -1.88. The fourth-order valence-corrected chi connectivity index (χ4v) is 5.85. The van der Waals surface area contributed by atoms with Crippen molar-refractivity contribution in [2.45, 2.75) is 41.5 Å². The molecule has 0 unspecified atom stereocenters. The third-order valence-electron chi connectivity index (χ3n) is 7.32. The van der Waals surface area contributed by atoms with Crippen molar-refractivity contribution in [1.82, 2.24) is 9.97 Å². The second kappa shape index (κ2) is 10.5. The third kappa shape index (κ3) is 4.78. The monoisotopic (exact) mass is 529 g/mol. The summed E-state index contributed by atoms with van der Waals surface area (Å²) in [6, 6.07) is 18.9. The molecule has 40 heavy (non-hydrogen) atoms. The van der Waals surface area contributed by atoms with E-state index in [0.29, 0.717) is 11.4 Å². The van der Waals surface area contributed by atoms with Crippen molar-refractivity contribution in [2.24, 2.45) is 0 Å². The average Bonchev–Trinajstić information content (AvgIpc) is 2.88. The van der Waals surface area contributed by atoms with E-state index in [1.54, 1.807) is 30.6 Å². The molecule has 198 valence electrons. The lowest BCUT2D eigenvalue weighted by Crippen LogP contribution is -2.01. The maximum absolute atomic E-state index is 15.6. The number of halogens is 2. The van der Waals surface area contributed by atoms with Gasteiger partial charge >= 0.3 is 0 Å². The number of hydrogen-bond acceptors (Lipinski definition) is 3. The Labute approximate surface area is 233 Å². The molecule has 0 radical (unpaired) electrons. The van der Waals surface area contributed by atoms with Gasteiger partial charge in [0.15, 0.2) is 11.6 Å². The van der Waals surface area contributed by atoms with Crippen molar-refractivity contribution in [1.29, 1.82) is 5.26 Å². The third-order valence-corrected chi connectivity index (χ3v) is 7.32. The Morgan fingerprint density at radius 2 is 0.950 bits per heavy atom. The molecule has 0 saturated heterocycles. The molecule has 0 bridgehead atoms. The second-order valence-corrected chi connectivity index (χ2v) is 10.5. The van der Waals surface area contributed by atoms with Gasteiger partial charge in [-0.2, -0.15) is 5.26 Å². The van der Waals surface area contributed by atoms with Crippen LogP contribution in [0.1, 0.15) is 38.9 Å². The molecule has 0 N–H and O–H groups in total. The highest BCUT2D eigenvalue weighted by Gasteiger charge is 2.23. The Bertz CT molecular complexity index is 1680. The van der Waals surface area contributed by atoms with Crippen molar-refractivity contribution >= 4 is 0 Å². The molecule has 2 heterocycles. The zero-order valence-corrected chi connectivity index (χ0v) is 23.4. The Hall–Kier alpha value is -4.69. The molecule has 0 spiro atoms. The first-order valence-corrected chi connectivity index (χ1v) is 13.1. The van der Waals surface area contributed by atoms with E-state index in [1.807, 2.05) is 53.7 Å². The summed E-state index contributed by atoms with van der Waals surface area (Å²) in [7, 11) is 0. The van der Waals surface area contributed by atoms with Crippen LogP contribution in [0.25, 0.3) is 44.8 Å². The molecule has 5 aromatic rings. The minimum absolute atomic E-state index is 0.0483. The van der Waals surface area contributed by atoms with Gasteiger partial charge in [0.2, 0.25) is 0 Å². The SMILES string of the molecule is Cc1cc(C)c(-c2ccnc(-c3cc(-c4cc(-c5c(C)cc(C)cc5C)ccn4)c(F)c(C#N)c3F)c2)c(C)c1. The van der Waals surface area contributed by atoms with Crippen molar-refractivity contribution in [3.05, 3.63) is 118 Å². The van der Waals surface area contributed by atoms with Crippen LogP contribution in [-0.2, 0) is 0 Å². The molecule has 0 aliphatic carbocycles. The topological polar surface area (TPSA) is 49.6 Å². The number of hydrogen-bond donors (Lipinski definition) is 0. The lowest BCUT2D eigenvalue weighted by atomic mass is 9.92. The molecule has 5 rings (SSSR count). The summed E-state index contributed by atoms with van der Waals surface area (Å²) in [6.07, 6.45) is 3.22. The number of aryl methyl sites for hydroxylation is 6. The number of nitriles is 1. The van der Waals surface area contributed by atoms with E-state index in [2.05, 4.69) is 34.2 Å². The smallest absolute Gasteiger partial charge is 0.153 e. The second-order valence-electron chi connectivity index (χ2n) is 10.5. The molecule has 0 atom stereocenters. The lowest BCUT2D eigenvalue weighted by Gasteiger charge is -2.15. The van der Waals surface area contributed by atoms with Crippen LogP contribution < -0.4 is 0 Å². The average molecular weight is 530 g/mol. The van der Waals surface area contributed by atoms with E-state index < -0.39 is 17.2 Å². The first-order chi connectivity index (χ1) is 19.1. The first kappa shape index (κ1) is 26.9. The molecule has 3 nitrogen and oxygen atoms in total. The van der Waals surface area contributed by atoms with E-state index >= 15 is 8.78 Å². The van der Waals surface area contributed by atoms with Gasteiger partial charge in [-0.3, -0.25) is 9.97 Å². The minimum Gasteiger partial charge on any atom is -0.256 e. The normalized spacial score (nSPS) is 11.0. The maximum Gasteiger partial charge on any atom is 0.153 e. The molecule has 0 amide bonds. The molecule has 3 aromatic carbocycles. The Morgan fingerprint density at radius 3 is 1.30 bits per heavy atom. The lowest BCUT2D eigenvalue weighted by molar-refractivity contribution is 0.581. The quantitative estimate of drug-likeness (QED) is 0.233. The maximum atomic E-state index is 15.6. The molecular formula is C35H29F2N3. The van der Waals surface area contributed by atoms with Crippen molar-refractivity contribution in [3.63, 3.8) is 0 Å². The summed E-state index contributed by atoms with van der Waals surface area (Å²) in [4.78, 5) is 8.83. The van der Waals surface area contributed by atoms with Gasteiger partial charge in [-0.05, 0) is 116 Å². The van der Waals surface area contributed by atoms with Gasteiger partial charge in [0, 0.05) is 23.5 Å². The van der Waals surface area contributed by atoms with Gasteiger partial charge in [-0.25, -0.2) is 8.78 Å². The fraction of sp³-hybridized carbons (Fsp3) is 0.171. The van der Waals surface area contributed by atoms with Crippen molar-refractivity contribution < 1.29 is 8.78 Å². The molecule has 0 aliphatic heterocycles. The molecule has 5 heteroatoms. The number of benzene rings is 3. The van der Waals surface area contributed by atoms with E-state index in [4.69, 9.17) is 0 Å². The first-order valence-electron chi connectivity index (χ1n) is 13.1. The predicted molar refractivity (Wildman–Crippen MR) is 157 cm³/mol. The van der Waals surface area contributed by atoms with E-state index in [1.165, 1.54) is 6.07 Å². The van der Waals surface area contributed by atoms with Crippen LogP contribution in [0.15, 0.2) is 67.0 Å². The fourth-order valence-electron chi connectivity index (χ4n) is 5.85. The standard InChI is InChI=1S/C35H29F2N3/c1-19-11-21(3)32(22(4)12-19)25-7-9-39-30(15-25)27-17-28(35(37)29(18-38)34(27)36)31-16-26(8-10-40-31)33-23(5)13-20(2)14-24(33)6/h7-17H,1-6H3.